The first kappa shape index (κ1) is 17.3. The van der Waals surface area contributed by atoms with E-state index in [0.717, 1.165) is 21.6 Å². The number of aryl methyl sites for hydroxylation is 1. The second-order valence-electron chi connectivity index (χ2n) is 5.54. The molecule has 1 aromatic carbocycles. The van der Waals surface area contributed by atoms with Crippen LogP contribution < -0.4 is 5.32 Å². The number of pyridine rings is 1. The number of nitrogens with zero attached hydrogens (tertiary/aromatic N) is 3. The number of para-hydroxylation sites is 2. The number of ether oxygens (including phenoxy) is 1. The van der Waals surface area contributed by atoms with Crippen molar-refractivity contribution in [3.05, 3.63) is 41.5 Å². The lowest BCUT2D eigenvalue weighted by molar-refractivity contribution is -0.118. The zero-order valence-electron chi connectivity index (χ0n) is 14.1. The fourth-order valence-corrected chi connectivity index (χ4v) is 3.60. The SMILES string of the molecule is COCCNC(=O)CSc1cc(C)c(C#N)c2nc3ccccc3n12. The van der Waals surface area contributed by atoms with Crippen molar-refractivity contribution >= 4 is 34.3 Å². The van der Waals surface area contributed by atoms with Crippen LogP contribution in [0.2, 0.25) is 0 Å². The van der Waals surface area contributed by atoms with Crippen LogP contribution in [-0.2, 0) is 9.53 Å². The summed E-state index contributed by atoms with van der Waals surface area (Å²) in [6.45, 7) is 2.87. The molecule has 0 aliphatic heterocycles. The predicted molar refractivity (Wildman–Crippen MR) is 97.8 cm³/mol. The second-order valence-corrected chi connectivity index (χ2v) is 6.54. The number of imidazole rings is 1. The Hall–Kier alpha value is -2.56. The third kappa shape index (κ3) is 3.45. The molecule has 0 saturated carbocycles. The van der Waals surface area contributed by atoms with E-state index in [1.807, 2.05) is 41.7 Å². The van der Waals surface area contributed by atoms with Crippen LogP contribution in [0.25, 0.3) is 16.7 Å². The van der Waals surface area contributed by atoms with Crippen molar-refractivity contribution in [2.24, 2.45) is 0 Å². The molecule has 25 heavy (non-hydrogen) atoms. The quantitative estimate of drug-likeness (QED) is 0.543. The van der Waals surface area contributed by atoms with Crippen LogP contribution in [0.5, 0.6) is 0 Å². The Morgan fingerprint density at radius 1 is 1.44 bits per heavy atom. The molecule has 128 valence electrons. The Labute approximate surface area is 149 Å². The van der Waals surface area contributed by atoms with Gasteiger partial charge >= 0.3 is 0 Å². The van der Waals surface area contributed by atoms with E-state index in [0.29, 0.717) is 24.4 Å². The zero-order valence-corrected chi connectivity index (χ0v) is 14.9. The number of aromatic nitrogens is 2. The third-order valence-corrected chi connectivity index (χ3v) is 4.83. The Morgan fingerprint density at radius 3 is 3.00 bits per heavy atom. The summed E-state index contributed by atoms with van der Waals surface area (Å²) in [5.74, 6) is 0.234. The molecule has 6 nitrogen and oxygen atoms in total. The highest BCUT2D eigenvalue weighted by Gasteiger charge is 2.16. The number of amides is 1. The number of benzene rings is 1. The van der Waals surface area contributed by atoms with E-state index in [-0.39, 0.29) is 11.7 Å². The Bertz CT molecular complexity index is 975. The standard InChI is InChI=1S/C18H18N4O2S/c1-12-9-17(25-11-16(23)20-7-8-24-2)22-15-6-4-3-5-14(15)21-18(22)13(12)10-19/h3-6,9H,7-8,11H2,1-2H3,(H,20,23). The molecule has 1 N–H and O–H groups in total. The van der Waals surface area contributed by atoms with E-state index in [4.69, 9.17) is 4.74 Å². The van der Waals surface area contributed by atoms with Crippen LogP contribution in [0.3, 0.4) is 0 Å². The number of fused-ring (bicyclic) bond motifs is 3. The largest absolute Gasteiger partial charge is 0.383 e. The number of rotatable bonds is 6. The molecular weight excluding hydrogens is 336 g/mol. The smallest absolute Gasteiger partial charge is 0.230 e. The molecule has 3 rings (SSSR count). The third-order valence-electron chi connectivity index (χ3n) is 3.83. The highest BCUT2D eigenvalue weighted by atomic mass is 32.2. The summed E-state index contributed by atoms with van der Waals surface area (Å²) in [6, 6.07) is 11.9. The molecule has 3 aromatic rings. The number of carbonyl (C=O) groups excluding carboxylic acids is 1. The van der Waals surface area contributed by atoms with Gasteiger partial charge in [0.1, 0.15) is 6.07 Å². The highest BCUT2D eigenvalue weighted by Crippen LogP contribution is 2.29. The monoisotopic (exact) mass is 354 g/mol. The van der Waals surface area contributed by atoms with Gasteiger partial charge in [-0.1, -0.05) is 23.9 Å². The maximum atomic E-state index is 12.0. The van der Waals surface area contributed by atoms with E-state index in [2.05, 4.69) is 16.4 Å². The zero-order chi connectivity index (χ0) is 17.8. The molecule has 2 aromatic heterocycles. The van der Waals surface area contributed by atoms with Crippen molar-refractivity contribution < 1.29 is 9.53 Å². The summed E-state index contributed by atoms with van der Waals surface area (Å²) in [7, 11) is 1.60. The molecule has 0 atom stereocenters. The van der Waals surface area contributed by atoms with E-state index < -0.39 is 0 Å². The maximum Gasteiger partial charge on any atom is 0.230 e. The number of methoxy groups -OCH3 is 1. The highest BCUT2D eigenvalue weighted by molar-refractivity contribution is 7.99. The van der Waals surface area contributed by atoms with Gasteiger partial charge in [-0.2, -0.15) is 5.26 Å². The summed E-state index contributed by atoms with van der Waals surface area (Å²) in [5, 5.41) is 13.2. The maximum absolute atomic E-state index is 12.0. The first-order valence-electron chi connectivity index (χ1n) is 7.85. The summed E-state index contributed by atoms with van der Waals surface area (Å²) < 4.78 is 6.88. The fraction of sp³-hybridized carbons (Fsp3) is 0.278. The van der Waals surface area contributed by atoms with Gasteiger partial charge in [-0.15, -0.1) is 0 Å². The lowest BCUT2D eigenvalue weighted by Gasteiger charge is -2.10. The summed E-state index contributed by atoms with van der Waals surface area (Å²) in [6.07, 6.45) is 0. The number of hydrogen-bond donors (Lipinski definition) is 1. The molecule has 0 aliphatic rings. The number of thioether (sulfide) groups is 1. The van der Waals surface area contributed by atoms with Gasteiger partial charge in [0.2, 0.25) is 5.91 Å². The number of hydrogen-bond acceptors (Lipinski definition) is 5. The van der Waals surface area contributed by atoms with Gasteiger partial charge in [0, 0.05) is 13.7 Å². The summed E-state index contributed by atoms with van der Waals surface area (Å²) in [5.41, 5.74) is 3.80. The van der Waals surface area contributed by atoms with Crippen LogP contribution >= 0.6 is 11.8 Å². The average Bonchev–Trinajstić information content (AvgIpc) is 2.99. The molecule has 2 heterocycles. The second kappa shape index (κ2) is 7.55. The molecule has 0 fully saturated rings. The van der Waals surface area contributed by atoms with E-state index >= 15 is 0 Å². The molecule has 0 spiro atoms. The minimum atomic E-state index is -0.0540. The van der Waals surface area contributed by atoms with Crippen LogP contribution in [0.4, 0.5) is 0 Å². The molecule has 0 unspecified atom stereocenters. The van der Waals surface area contributed by atoms with Crippen molar-refractivity contribution in [1.29, 1.82) is 5.26 Å². The van der Waals surface area contributed by atoms with Crippen molar-refractivity contribution in [1.82, 2.24) is 14.7 Å². The number of nitriles is 1. The number of nitrogens with one attached hydrogen (secondary N) is 1. The topological polar surface area (TPSA) is 79.4 Å². The molecule has 7 heteroatoms. The normalized spacial score (nSPS) is 10.9. The van der Waals surface area contributed by atoms with E-state index in [1.54, 1.807) is 7.11 Å². The molecule has 0 radical (unpaired) electrons. The van der Waals surface area contributed by atoms with Crippen molar-refractivity contribution in [3.8, 4) is 6.07 Å². The van der Waals surface area contributed by atoms with Crippen LogP contribution in [0.15, 0.2) is 35.4 Å². The Morgan fingerprint density at radius 2 is 2.24 bits per heavy atom. The molecular formula is C18H18N4O2S. The first-order chi connectivity index (χ1) is 12.2. The average molecular weight is 354 g/mol. The van der Waals surface area contributed by atoms with Crippen molar-refractivity contribution in [2.75, 3.05) is 26.0 Å². The van der Waals surface area contributed by atoms with Crippen molar-refractivity contribution in [2.45, 2.75) is 11.9 Å². The minimum Gasteiger partial charge on any atom is -0.383 e. The minimum absolute atomic E-state index is 0.0540. The molecule has 0 saturated heterocycles. The van der Waals surface area contributed by atoms with Gasteiger partial charge in [0.05, 0.1) is 34.0 Å². The van der Waals surface area contributed by atoms with E-state index in [1.165, 1.54) is 11.8 Å². The number of carbonyl (C=O) groups is 1. The Kier molecular flexibility index (Phi) is 5.22. The van der Waals surface area contributed by atoms with Gasteiger partial charge in [0.15, 0.2) is 5.65 Å². The van der Waals surface area contributed by atoms with Gasteiger partial charge in [-0.3, -0.25) is 9.20 Å². The lowest BCUT2D eigenvalue weighted by Crippen LogP contribution is -2.28. The molecule has 1 amide bonds. The summed E-state index contributed by atoms with van der Waals surface area (Å²) in [4.78, 5) is 16.6. The fourth-order valence-electron chi connectivity index (χ4n) is 2.64. The molecule has 0 aliphatic carbocycles. The van der Waals surface area contributed by atoms with Gasteiger partial charge in [-0.05, 0) is 30.7 Å². The van der Waals surface area contributed by atoms with Gasteiger partial charge in [0.25, 0.3) is 0 Å². The summed E-state index contributed by atoms with van der Waals surface area (Å²) >= 11 is 1.43. The van der Waals surface area contributed by atoms with E-state index in [9.17, 15) is 10.1 Å². The lowest BCUT2D eigenvalue weighted by atomic mass is 10.2. The molecule has 0 bridgehead atoms. The van der Waals surface area contributed by atoms with Gasteiger partial charge < -0.3 is 10.1 Å². The predicted octanol–water partition coefficient (Wildman–Crippen LogP) is 2.52. The van der Waals surface area contributed by atoms with Crippen LogP contribution in [-0.4, -0.2) is 41.3 Å². The van der Waals surface area contributed by atoms with Crippen molar-refractivity contribution in [3.63, 3.8) is 0 Å². The van der Waals surface area contributed by atoms with Crippen LogP contribution in [0.1, 0.15) is 11.1 Å². The van der Waals surface area contributed by atoms with Gasteiger partial charge in [-0.25, -0.2) is 4.98 Å². The first-order valence-corrected chi connectivity index (χ1v) is 8.83. The van der Waals surface area contributed by atoms with Crippen LogP contribution in [0, 0.1) is 18.3 Å². The Balaban J connectivity index is 1.98.